The fraction of sp³-hybridized carbons (Fsp3) is 0.500. The van der Waals surface area contributed by atoms with Crippen LogP contribution in [0.4, 0.5) is 5.82 Å². The third-order valence-electron chi connectivity index (χ3n) is 4.76. The highest BCUT2D eigenvalue weighted by Gasteiger charge is 2.23. The van der Waals surface area contributed by atoms with E-state index in [9.17, 15) is 13.2 Å². The van der Waals surface area contributed by atoms with Gasteiger partial charge in [-0.05, 0) is 30.9 Å². The van der Waals surface area contributed by atoms with Crippen molar-refractivity contribution in [3.05, 3.63) is 22.5 Å². The molecule has 1 aliphatic rings. The average molecular weight is 434 g/mol. The van der Waals surface area contributed by atoms with Gasteiger partial charge in [-0.2, -0.15) is 13.5 Å². The molecule has 4 N–H and O–H groups in total. The number of halogens is 1. The number of H-pyrrole nitrogens is 1. The fourth-order valence-corrected chi connectivity index (χ4v) is 3.77. The van der Waals surface area contributed by atoms with Gasteiger partial charge in [-0.15, -0.1) is 12.4 Å². The zero-order valence-corrected chi connectivity index (χ0v) is 17.2. The molecule has 12 heteroatoms. The zero-order valence-electron chi connectivity index (χ0n) is 15.6. The zero-order chi connectivity index (χ0) is 19.6. The van der Waals surface area contributed by atoms with Crippen LogP contribution >= 0.6 is 12.4 Å². The number of nitrogens with one attached hydrogen (secondary N) is 2. The lowest BCUT2D eigenvalue weighted by Crippen LogP contribution is -2.41. The van der Waals surface area contributed by atoms with Gasteiger partial charge in [0, 0.05) is 25.0 Å². The van der Waals surface area contributed by atoms with Crippen molar-refractivity contribution in [1.29, 1.82) is 0 Å². The van der Waals surface area contributed by atoms with E-state index in [2.05, 4.69) is 19.8 Å². The van der Waals surface area contributed by atoms with Gasteiger partial charge in [-0.3, -0.25) is 4.79 Å². The van der Waals surface area contributed by atoms with Gasteiger partial charge < -0.3 is 14.4 Å². The van der Waals surface area contributed by atoms with Crippen LogP contribution < -0.4 is 29.8 Å². The van der Waals surface area contributed by atoms with Gasteiger partial charge in [0.1, 0.15) is 0 Å². The Labute approximate surface area is 169 Å². The lowest BCUT2D eigenvalue weighted by Gasteiger charge is -2.33. The number of benzene rings is 1. The first-order valence-corrected chi connectivity index (χ1v) is 10.0. The van der Waals surface area contributed by atoms with E-state index >= 15 is 0 Å². The van der Waals surface area contributed by atoms with Gasteiger partial charge in [-0.1, -0.05) is 0 Å². The smallest absolute Gasteiger partial charge is 0.274 e. The van der Waals surface area contributed by atoms with E-state index in [1.165, 1.54) is 14.2 Å². The number of nitrogens with two attached hydrogens (primary N) is 1. The lowest BCUT2D eigenvalue weighted by molar-refractivity contribution is 0.356. The Kier molecular flexibility index (Phi) is 7.10. The van der Waals surface area contributed by atoms with Gasteiger partial charge in [0.25, 0.3) is 15.8 Å². The fourth-order valence-electron chi connectivity index (χ4n) is 3.30. The molecule has 0 spiro atoms. The number of fused-ring (bicyclic) bond motifs is 1. The number of hydrogen-bond acceptors (Lipinski definition) is 7. The maximum absolute atomic E-state index is 12.2. The summed E-state index contributed by atoms with van der Waals surface area (Å²) in [5.41, 5.74) is -0.304. The largest absolute Gasteiger partial charge is 0.493 e. The molecule has 0 bridgehead atoms. The number of aromatic amines is 1. The summed E-state index contributed by atoms with van der Waals surface area (Å²) < 4.78 is 35.1. The highest BCUT2D eigenvalue weighted by atomic mass is 35.5. The van der Waals surface area contributed by atoms with Gasteiger partial charge in [0.05, 0.1) is 19.6 Å². The first-order chi connectivity index (χ1) is 12.8. The van der Waals surface area contributed by atoms with Crippen molar-refractivity contribution in [1.82, 2.24) is 14.9 Å². The number of hydrogen-bond donors (Lipinski definition) is 3. The topological polar surface area (TPSA) is 140 Å². The second kappa shape index (κ2) is 8.95. The molecule has 3 rings (SSSR count). The van der Waals surface area contributed by atoms with Crippen LogP contribution in [0.15, 0.2) is 16.9 Å². The van der Waals surface area contributed by atoms with E-state index in [0.717, 1.165) is 12.8 Å². The summed E-state index contributed by atoms with van der Waals surface area (Å²) in [7, 11) is -0.629. The quantitative estimate of drug-likeness (QED) is 0.597. The van der Waals surface area contributed by atoms with Crippen molar-refractivity contribution in [2.24, 2.45) is 11.1 Å². The highest BCUT2D eigenvalue weighted by molar-refractivity contribution is 7.87. The van der Waals surface area contributed by atoms with Crippen molar-refractivity contribution < 1.29 is 17.9 Å². The van der Waals surface area contributed by atoms with Crippen molar-refractivity contribution in [2.75, 3.05) is 38.8 Å². The van der Waals surface area contributed by atoms with Crippen LogP contribution in [0, 0.1) is 5.92 Å². The summed E-state index contributed by atoms with van der Waals surface area (Å²) >= 11 is 0. The summed E-state index contributed by atoms with van der Waals surface area (Å²) in [5.74, 6) is 1.85. The van der Waals surface area contributed by atoms with Crippen molar-refractivity contribution in [3.8, 4) is 11.5 Å². The van der Waals surface area contributed by atoms with Gasteiger partial charge in [0.15, 0.2) is 17.3 Å². The maximum atomic E-state index is 12.2. The third-order valence-corrected chi connectivity index (χ3v) is 5.33. The molecule has 2 heterocycles. The number of ether oxygens (including phenoxy) is 2. The molecule has 0 saturated carbocycles. The summed E-state index contributed by atoms with van der Waals surface area (Å²) in [6.45, 7) is 1.68. The summed E-state index contributed by atoms with van der Waals surface area (Å²) in [6, 6.07) is 3.39. The van der Waals surface area contributed by atoms with Crippen molar-refractivity contribution in [2.45, 2.75) is 12.8 Å². The normalized spacial score (nSPS) is 15.3. The minimum absolute atomic E-state index is 0. The number of methoxy groups -OCH3 is 2. The SMILES string of the molecule is COc1cc2c(N3CCC(CNS(N)(=O)=O)CC3)n[nH]c(=O)c2cc1OC.Cl. The number of nitrogens with zero attached hydrogens (tertiary/aromatic N) is 2. The Bertz CT molecular complexity index is 989. The van der Waals surface area contributed by atoms with Gasteiger partial charge >= 0.3 is 0 Å². The number of anilines is 1. The summed E-state index contributed by atoms with van der Waals surface area (Å²) in [6.07, 6.45) is 1.55. The molecule has 1 saturated heterocycles. The molecule has 1 aliphatic heterocycles. The van der Waals surface area contributed by atoms with Gasteiger partial charge in [0.2, 0.25) is 0 Å². The summed E-state index contributed by atoms with van der Waals surface area (Å²) in [4.78, 5) is 14.3. The van der Waals surface area contributed by atoms with Crippen LogP contribution in [-0.4, -0.2) is 52.5 Å². The van der Waals surface area contributed by atoms with Crippen molar-refractivity contribution in [3.63, 3.8) is 0 Å². The van der Waals surface area contributed by atoms with Crippen LogP contribution in [0.1, 0.15) is 12.8 Å². The second-order valence-corrected chi connectivity index (χ2v) is 7.83. The Morgan fingerprint density at radius 3 is 2.32 bits per heavy atom. The van der Waals surface area contributed by atoms with Crippen LogP contribution in [0.25, 0.3) is 10.8 Å². The Hall–Kier alpha value is -2.08. The van der Waals surface area contributed by atoms with E-state index in [1.807, 2.05) is 0 Å². The molecule has 0 aliphatic carbocycles. The van der Waals surface area contributed by atoms with Crippen molar-refractivity contribution >= 4 is 39.2 Å². The average Bonchev–Trinajstić information content (AvgIpc) is 2.65. The lowest BCUT2D eigenvalue weighted by atomic mass is 9.97. The van der Waals surface area contributed by atoms with E-state index in [-0.39, 0.29) is 23.9 Å². The van der Waals surface area contributed by atoms with Gasteiger partial charge in [-0.25, -0.2) is 15.0 Å². The molecular formula is C16H24ClN5O5S. The molecule has 0 radical (unpaired) electrons. The van der Waals surface area contributed by atoms with E-state index in [1.54, 1.807) is 12.1 Å². The number of piperidine rings is 1. The number of rotatable bonds is 6. The van der Waals surface area contributed by atoms with Crippen LogP contribution in [0.3, 0.4) is 0 Å². The number of aromatic nitrogens is 2. The first-order valence-electron chi connectivity index (χ1n) is 8.49. The van der Waals surface area contributed by atoms with Crippen LogP contribution in [0.5, 0.6) is 11.5 Å². The third kappa shape index (κ3) is 4.85. The minimum atomic E-state index is -3.68. The molecule has 28 heavy (non-hydrogen) atoms. The standard InChI is InChI=1S/C16H23N5O5S.ClH/c1-25-13-7-11-12(8-14(13)26-2)16(22)20-19-15(11)21-5-3-10(4-6-21)9-18-27(17,23)24;/h7-8,10,18H,3-6,9H2,1-2H3,(H,20,22)(H2,17,23,24);1H. The molecule has 10 nitrogen and oxygen atoms in total. The molecule has 2 aromatic rings. The molecule has 156 valence electrons. The molecule has 0 unspecified atom stereocenters. The first kappa shape index (κ1) is 22.2. The van der Waals surface area contributed by atoms with Crippen LogP contribution in [0.2, 0.25) is 0 Å². The van der Waals surface area contributed by atoms with E-state index in [4.69, 9.17) is 14.6 Å². The Morgan fingerprint density at radius 1 is 1.21 bits per heavy atom. The molecule has 1 fully saturated rings. The molecule has 1 aromatic heterocycles. The molecule has 1 aromatic carbocycles. The second-order valence-electron chi connectivity index (χ2n) is 6.45. The van der Waals surface area contributed by atoms with E-state index in [0.29, 0.717) is 47.7 Å². The Morgan fingerprint density at radius 2 is 1.79 bits per heavy atom. The van der Waals surface area contributed by atoms with Crippen LogP contribution in [-0.2, 0) is 10.2 Å². The predicted molar refractivity (Wildman–Crippen MR) is 109 cm³/mol. The minimum Gasteiger partial charge on any atom is -0.493 e. The summed E-state index contributed by atoms with van der Waals surface area (Å²) in [5, 5.41) is 12.9. The molecular weight excluding hydrogens is 410 g/mol. The molecule has 0 amide bonds. The predicted octanol–water partition coefficient (Wildman–Crippen LogP) is 0.372. The van der Waals surface area contributed by atoms with E-state index < -0.39 is 10.2 Å². The maximum Gasteiger partial charge on any atom is 0.274 e. The monoisotopic (exact) mass is 433 g/mol. The molecule has 0 atom stereocenters. The highest BCUT2D eigenvalue weighted by Crippen LogP contribution is 2.35. The Balaban J connectivity index is 0.00000280.